The first-order valence-electron chi connectivity index (χ1n) is 5.74. The van der Waals surface area contributed by atoms with Crippen molar-refractivity contribution in [1.29, 1.82) is 0 Å². The van der Waals surface area contributed by atoms with Gasteiger partial charge in [0.05, 0.1) is 5.56 Å². The summed E-state index contributed by atoms with van der Waals surface area (Å²) in [6.45, 7) is 1.75. The SMILES string of the molecule is Cc1cc(-c2nc(-c3cccc(C(=O)O)c3)no2)no1. The van der Waals surface area contributed by atoms with Crippen molar-refractivity contribution in [3.63, 3.8) is 0 Å². The standard InChI is InChI=1S/C13H9N3O4/c1-7-5-10(15-19-7)12-14-11(16-20-12)8-3-2-4-9(6-8)13(17)18/h2-6H,1H3,(H,17,18). The number of hydrogen-bond donors (Lipinski definition) is 1. The minimum absolute atomic E-state index is 0.158. The zero-order valence-corrected chi connectivity index (χ0v) is 10.4. The van der Waals surface area contributed by atoms with E-state index in [-0.39, 0.29) is 11.5 Å². The third-order valence-electron chi connectivity index (χ3n) is 2.64. The quantitative estimate of drug-likeness (QED) is 0.780. The summed E-state index contributed by atoms with van der Waals surface area (Å²) in [4.78, 5) is 15.1. The van der Waals surface area contributed by atoms with E-state index in [2.05, 4.69) is 15.3 Å². The lowest BCUT2D eigenvalue weighted by molar-refractivity contribution is 0.0697. The summed E-state index contributed by atoms with van der Waals surface area (Å²) in [6.07, 6.45) is 0. The molecule has 7 nitrogen and oxygen atoms in total. The number of nitrogens with zero attached hydrogens (tertiary/aromatic N) is 3. The Balaban J connectivity index is 1.98. The summed E-state index contributed by atoms with van der Waals surface area (Å²) in [7, 11) is 0. The highest BCUT2D eigenvalue weighted by Crippen LogP contribution is 2.22. The molecule has 0 unspecified atom stereocenters. The van der Waals surface area contributed by atoms with E-state index in [0.29, 0.717) is 22.8 Å². The van der Waals surface area contributed by atoms with Crippen molar-refractivity contribution in [2.75, 3.05) is 0 Å². The number of hydrogen-bond acceptors (Lipinski definition) is 6. The van der Waals surface area contributed by atoms with Gasteiger partial charge in [-0.05, 0) is 19.1 Å². The molecule has 3 aromatic rings. The number of carboxylic acids is 1. The highest BCUT2D eigenvalue weighted by atomic mass is 16.5. The molecular formula is C13H9N3O4. The second kappa shape index (κ2) is 4.61. The summed E-state index contributed by atoms with van der Waals surface area (Å²) in [5.41, 5.74) is 1.15. The number of carboxylic acid groups (broad SMARTS) is 1. The Morgan fingerprint density at radius 3 is 2.75 bits per heavy atom. The second-order valence-electron chi connectivity index (χ2n) is 4.13. The Bertz CT molecular complexity index is 775. The van der Waals surface area contributed by atoms with Crippen LogP contribution in [-0.4, -0.2) is 26.4 Å². The largest absolute Gasteiger partial charge is 0.478 e. The van der Waals surface area contributed by atoms with Gasteiger partial charge in [-0.25, -0.2) is 4.79 Å². The maximum Gasteiger partial charge on any atom is 0.335 e. The van der Waals surface area contributed by atoms with E-state index in [1.165, 1.54) is 12.1 Å². The fourth-order valence-electron chi connectivity index (χ4n) is 1.70. The minimum Gasteiger partial charge on any atom is -0.478 e. The van der Waals surface area contributed by atoms with Gasteiger partial charge in [0.2, 0.25) is 5.82 Å². The van der Waals surface area contributed by atoms with Crippen molar-refractivity contribution >= 4 is 5.97 Å². The number of aromatic carboxylic acids is 1. The molecule has 100 valence electrons. The fourth-order valence-corrected chi connectivity index (χ4v) is 1.70. The number of aromatic nitrogens is 3. The number of carbonyl (C=O) groups is 1. The number of rotatable bonds is 3. The molecule has 0 amide bonds. The van der Waals surface area contributed by atoms with E-state index in [9.17, 15) is 4.79 Å². The smallest absolute Gasteiger partial charge is 0.335 e. The maximum atomic E-state index is 10.9. The third-order valence-corrected chi connectivity index (χ3v) is 2.64. The predicted molar refractivity (Wildman–Crippen MR) is 66.9 cm³/mol. The Labute approximate surface area is 112 Å². The lowest BCUT2D eigenvalue weighted by atomic mass is 10.1. The van der Waals surface area contributed by atoms with Crippen molar-refractivity contribution in [1.82, 2.24) is 15.3 Å². The van der Waals surface area contributed by atoms with E-state index >= 15 is 0 Å². The lowest BCUT2D eigenvalue weighted by Gasteiger charge is -1.96. The van der Waals surface area contributed by atoms with Gasteiger partial charge in [-0.2, -0.15) is 4.98 Å². The van der Waals surface area contributed by atoms with Gasteiger partial charge in [0.25, 0.3) is 5.89 Å². The van der Waals surface area contributed by atoms with Crippen LogP contribution >= 0.6 is 0 Å². The molecule has 20 heavy (non-hydrogen) atoms. The normalized spacial score (nSPS) is 10.7. The van der Waals surface area contributed by atoms with Crippen LogP contribution in [-0.2, 0) is 0 Å². The molecule has 0 saturated heterocycles. The summed E-state index contributed by atoms with van der Waals surface area (Å²) in [6, 6.07) is 7.97. The van der Waals surface area contributed by atoms with E-state index in [0.717, 1.165) is 0 Å². The van der Waals surface area contributed by atoms with Crippen LogP contribution in [0.3, 0.4) is 0 Å². The molecule has 7 heteroatoms. The Hall–Kier alpha value is -2.96. The van der Waals surface area contributed by atoms with Crippen molar-refractivity contribution < 1.29 is 18.9 Å². The molecule has 1 N–H and O–H groups in total. The first-order valence-corrected chi connectivity index (χ1v) is 5.74. The van der Waals surface area contributed by atoms with Crippen LogP contribution in [0.1, 0.15) is 16.1 Å². The average Bonchev–Trinajstić information content (AvgIpc) is 3.07. The zero-order chi connectivity index (χ0) is 14.1. The van der Waals surface area contributed by atoms with Gasteiger partial charge >= 0.3 is 5.97 Å². The molecule has 0 spiro atoms. The molecule has 0 atom stereocenters. The van der Waals surface area contributed by atoms with Crippen LogP contribution in [0.15, 0.2) is 39.4 Å². The van der Waals surface area contributed by atoms with Gasteiger partial charge in [-0.1, -0.05) is 22.4 Å². The lowest BCUT2D eigenvalue weighted by Crippen LogP contribution is -1.96. The molecule has 1 aromatic carbocycles. The van der Waals surface area contributed by atoms with Crippen molar-refractivity contribution in [2.24, 2.45) is 0 Å². The van der Waals surface area contributed by atoms with E-state index < -0.39 is 5.97 Å². The van der Waals surface area contributed by atoms with Crippen molar-refractivity contribution in [3.8, 4) is 23.0 Å². The molecule has 3 rings (SSSR count). The van der Waals surface area contributed by atoms with Crippen molar-refractivity contribution in [2.45, 2.75) is 6.92 Å². The topological polar surface area (TPSA) is 102 Å². The molecule has 0 aliphatic carbocycles. The molecule has 2 heterocycles. The Morgan fingerprint density at radius 1 is 1.20 bits per heavy atom. The molecule has 0 bridgehead atoms. The monoisotopic (exact) mass is 271 g/mol. The molecule has 2 aromatic heterocycles. The van der Waals surface area contributed by atoms with Gasteiger partial charge in [-0.3, -0.25) is 0 Å². The van der Waals surface area contributed by atoms with Crippen LogP contribution in [0, 0.1) is 6.92 Å². The van der Waals surface area contributed by atoms with Crippen LogP contribution in [0.25, 0.3) is 23.0 Å². The first kappa shape index (κ1) is 12.1. The van der Waals surface area contributed by atoms with Crippen LogP contribution in [0.2, 0.25) is 0 Å². The van der Waals surface area contributed by atoms with Crippen LogP contribution in [0.5, 0.6) is 0 Å². The van der Waals surface area contributed by atoms with Crippen molar-refractivity contribution in [3.05, 3.63) is 41.7 Å². The number of benzene rings is 1. The zero-order valence-electron chi connectivity index (χ0n) is 10.4. The van der Waals surface area contributed by atoms with Gasteiger partial charge in [0, 0.05) is 11.6 Å². The predicted octanol–water partition coefficient (Wildman–Crippen LogP) is 2.40. The van der Waals surface area contributed by atoms with Gasteiger partial charge in [-0.15, -0.1) is 0 Å². The van der Waals surface area contributed by atoms with Crippen LogP contribution in [0.4, 0.5) is 0 Å². The summed E-state index contributed by atoms with van der Waals surface area (Å²) >= 11 is 0. The first-order chi connectivity index (χ1) is 9.63. The summed E-state index contributed by atoms with van der Waals surface area (Å²) in [5.74, 6) is 0.136. The van der Waals surface area contributed by atoms with Gasteiger partial charge < -0.3 is 14.2 Å². The van der Waals surface area contributed by atoms with Gasteiger partial charge in [0.1, 0.15) is 5.76 Å². The van der Waals surface area contributed by atoms with Crippen LogP contribution < -0.4 is 0 Å². The highest BCUT2D eigenvalue weighted by Gasteiger charge is 2.15. The average molecular weight is 271 g/mol. The fraction of sp³-hybridized carbons (Fsp3) is 0.0769. The van der Waals surface area contributed by atoms with E-state index in [1.807, 2.05) is 0 Å². The highest BCUT2D eigenvalue weighted by molar-refractivity contribution is 5.89. The molecular weight excluding hydrogens is 262 g/mol. The molecule has 0 aliphatic heterocycles. The second-order valence-corrected chi connectivity index (χ2v) is 4.13. The third kappa shape index (κ3) is 2.16. The van der Waals surface area contributed by atoms with E-state index in [1.54, 1.807) is 25.1 Å². The Morgan fingerprint density at radius 2 is 2.05 bits per heavy atom. The summed E-state index contributed by atoms with van der Waals surface area (Å²) in [5, 5.41) is 16.5. The number of aryl methyl sites for hydroxylation is 1. The molecule has 0 aliphatic rings. The Kier molecular flexibility index (Phi) is 2.79. The molecule has 0 saturated carbocycles. The van der Waals surface area contributed by atoms with E-state index in [4.69, 9.17) is 14.2 Å². The minimum atomic E-state index is -1.01. The summed E-state index contributed by atoms with van der Waals surface area (Å²) < 4.78 is 10.0. The maximum absolute atomic E-state index is 10.9. The van der Waals surface area contributed by atoms with Gasteiger partial charge in [0.15, 0.2) is 5.69 Å². The molecule has 0 radical (unpaired) electrons. The molecule has 0 fully saturated rings.